The third-order valence-electron chi connectivity index (χ3n) is 5.33. The van der Waals surface area contributed by atoms with E-state index in [-0.39, 0.29) is 17.7 Å². The predicted molar refractivity (Wildman–Crippen MR) is 96.0 cm³/mol. The van der Waals surface area contributed by atoms with Gasteiger partial charge in [-0.05, 0) is 49.9 Å². The molecule has 4 heteroatoms. The standard InChI is InChI=1S/C20H28N2O2/c23-19(15-7-3-1-4-8-15)22-18-13-11-16(12-14-18)20(24)21-17-9-5-2-6-10-17/h11-15,17H,1-10H2,(H,21,24)(H,22,23). The molecule has 2 fully saturated rings. The molecule has 24 heavy (non-hydrogen) atoms. The fourth-order valence-electron chi connectivity index (χ4n) is 3.83. The van der Waals surface area contributed by atoms with Crippen LogP contribution in [0.25, 0.3) is 0 Å². The van der Waals surface area contributed by atoms with Crippen molar-refractivity contribution >= 4 is 17.5 Å². The van der Waals surface area contributed by atoms with Crippen molar-refractivity contribution in [3.8, 4) is 0 Å². The maximum atomic E-state index is 12.3. The van der Waals surface area contributed by atoms with Gasteiger partial charge in [-0.15, -0.1) is 0 Å². The van der Waals surface area contributed by atoms with Crippen LogP contribution in [0.1, 0.15) is 74.6 Å². The van der Waals surface area contributed by atoms with Crippen LogP contribution >= 0.6 is 0 Å². The lowest BCUT2D eigenvalue weighted by molar-refractivity contribution is -0.120. The molecule has 1 aromatic rings. The zero-order valence-corrected chi connectivity index (χ0v) is 14.4. The van der Waals surface area contributed by atoms with Crippen LogP contribution in [0.5, 0.6) is 0 Å². The van der Waals surface area contributed by atoms with Gasteiger partial charge in [0, 0.05) is 23.2 Å². The van der Waals surface area contributed by atoms with E-state index in [4.69, 9.17) is 0 Å². The first-order valence-electron chi connectivity index (χ1n) is 9.44. The van der Waals surface area contributed by atoms with Crippen LogP contribution in [0.3, 0.4) is 0 Å². The normalized spacial score (nSPS) is 19.7. The van der Waals surface area contributed by atoms with Crippen molar-refractivity contribution in [2.75, 3.05) is 5.32 Å². The van der Waals surface area contributed by atoms with Crippen LogP contribution in [-0.2, 0) is 4.79 Å². The molecule has 1 aromatic carbocycles. The molecule has 0 aromatic heterocycles. The van der Waals surface area contributed by atoms with Gasteiger partial charge in [0.1, 0.15) is 0 Å². The molecular weight excluding hydrogens is 300 g/mol. The molecule has 0 spiro atoms. The summed E-state index contributed by atoms with van der Waals surface area (Å²) in [7, 11) is 0. The number of rotatable bonds is 4. The Morgan fingerprint density at radius 3 is 2.00 bits per heavy atom. The number of carbonyl (C=O) groups excluding carboxylic acids is 2. The highest BCUT2D eigenvalue weighted by atomic mass is 16.2. The smallest absolute Gasteiger partial charge is 0.251 e. The summed E-state index contributed by atoms with van der Waals surface area (Å²) in [6, 6.07) is 7.58. The van der Waals surface area contributed by atoms with E-state index in [9.17, 15) is 9.59 Å². The van der Waals surface area contributed by atoms with E-state index < -0.39 is 0 Å². The summed E-state index contributed by atoms with van der Waals surface area (Å²) in [4.78, 5) is 24.6. The molecule has 0 aliphatic heterocycles. The minimum Gasteiger partial charge on any atom is -0.349 e. The summed E-state index contributed by atoms with van der Waals surface area (Å²) in [5.74, 6) is 0.259. The summed E-state index contributed by atoms with van der Waals surface area (Å²) in [6.45, 7) is 0. The highest BCUT2D eigenvalue weighted by molar-refractivity contribution is 5.96. The van der Waals surface area contributed by atoms with Gasteiger partial charge in [0.25, 0.3) is 5.91 Å². The Labute approximate surface area is 144 Å². The second-order valence-electron chi connectivity index (χ2n) is 7.21. The molecule has 3 rings (SSSR count). The van der Waals surface area contributed by atoms with Crippen molar-refractivity contribution in [2.45, 2.75) is 70.3 Å². The Balaban J connectivity index is 1.52. The Morgan fingerprint density at radius 1 is 0.792 bits per heavy atom. The predicted octanol–water partition coefficient (Wildman–Crippen LogP) is 4.27. The van der Waals surface area contributed by atoms with Gasteiger partial charge in [-0.3, -0.25) is 9.59 Å². The van der Waals surface area contributed by atoms with Crippen molar-refractivity contribution < 1.29 is 9.59 Å². The quantitative estimate of drug-likeness (QED) is 0.867. The first-order valence-corrected chi connectivity index (χ1v) is 9.44. The lowest BCUT2D eigenvalue weighted by Gasteiger charge is -2.23. The highest BCUT2D eigenvalue weighted by Crippen LogP contribution is 2.25. The first-order chi connectivity index (χ1) is 11.7. The summed E-state index contributed by atoms with van der Waals surface area (Å²) in [5, 5.41) is 6.11. The number of amides is 2. The first kappa shape index (κ1) is 17.0. The number of hydrogen-bond acceptors (Lipinski definition) is 2. The summed E-state index contributed by atoms with van der Waals surface area (Å²) in [6.07, 6.45) is 11.4. The fraction of sp³-hybridized carbons (Fsp3) is 0.600. The zero-order chi connectivity index (χ0) is 16.8. The van der Waals surface area contributed by atoms with Gasteiger partial charge in [0.2, 0.25) is 5.91 Å². The second kappa shape index (κ2) is 8.32. The SMILES string of the molecule is O=C(NC1CCCCC1)c1ccc(NC(=O)C2CCCCC2)cc1. The van der Waals surface area contributed by atoms with Crippen molar-refractivity contribution in [3.63, 3.8) is 0 Å². The van der Waals surface area contributed by atoms with Crippen LogP contribution in [-0.4, -0.2) is 17.9 Å². The minimum atomic E-state index is -0.00735. The van der Waals surface area contributed by atoms with Gasteiger partial charge in [-0.2, -0.15) is 0 Å². The summed E-state index contributed by atoms with van der Waals surface area (Å²) < 4.78 is 0. The van der Waals surface area contributed by atoms with Crippen LogP contribution in [0, 0.1) is 5.92 Å². The monoisotopic (exact) mass is 328 g/mol. The Morgan fingerprint density at radius 2 is 1.38 bits per heavy atom. The number of carbonyl (C=O) groups is 2. The highest BCUT2D eigenvalue weighted by Gasteiger charge is 2.21. The molecule has 130 valence electrons. The van der Waals surface area contributed by atoms with E-state index in [1.165, 1.54) is 25.7 Å². The molecule has 2 aliphatic carbocycles. The van der Waals surface area contributed by atoms with Crippen molar-refractivity contribution in [3.05, 3.63) is 29.8 Å². The maximum absolute atomic E-state index is 12.3. The van der Waals surface area contributed by atoms with Crippen LogP contribution in [0.4, 0.5) is 5.69 Å². The number of anilines is 1. The number of nitrogens with one attached hydrogen (secondary N) is 2. The third kappa shape index (κ3) is 4.59. The van der Waals surface area contributed by atoms with Gasteiger partial charge in [0.05, 0.1) is 0 Å². The Bertz CT molecular complexity index is 556. The summed E-state index contributed by atoms with van der Waals surface area (Å²) in [5.41, 5.74) is 1.44. The average Bonchev–Trinajstić information content (AvgIpc) is 2.64. The molecule has 0 radical (unpaired) electrons. The van der Waals surface area contributed by atoms with Crippen LogP contribution in [0.2, 0.25) is 0 Å². The molecule has 0 heterocycles. The Kier molecular flexibility index (Phi) is 5.89. The van der Waals surface area contributed by atoms with Crippen molar-refractivity contribution in [2.24, 2.45) is 5.92 Å². The summed E-state index contributed by atoms with van der Waals surface area (Å²) >= 11 is 0. The molecule has 0 saturated heterocycles. The van der Waals surface area contributed by atoms with Gasteiger partial charge < -0.3 is 10.6 Å². The lowest BCUT2D eigenvalue weighted by Crippen LogP contribution is -2.36. The van der Waals surface area contributed by atoms with Crippen LogP contribution < -0.4 is 10.6 Å². The van der Waals surface area contributed by atoms with Gasteiger partial charge in [0.15, 0.2) is 0 Å². The lowest BCUT2D eigenvalue weighted by atomic mass is 9.88. The fourth-order valence-corrected chi connectivity index (χ4v) is 3.83. The molecular formula is C20H28N2O2. The van der Waals surface area contributed by atoms with E-state index >= 15 is 0 Å². The van der Waals surface area contributed by atoms with E-state index in [1.54, 1.807) is 12.1 Å². The van der Waals surface area contributed by atoms with E-state index in [1.807, 2.05) is 12.1 Å². The van der Waals surface area contributed by atoms with E-state index in [2.05, 4.69) is 10.6 Å². The molecule has 2 amide bonds. The van der Waals surface area contributed by atoms with Crippen molar-refractivity contribution in [1.82, 2.24) is 5.32 Å². The maximum Gasteiger partial charge on any atom is 0.251 e. The molecule has 4 nitrogen and oxygen atoms in total. The van der Waals surface area contributed by atoms with Crippen molar-refractivity contribution in [1.29, 1.82) is 0 Å². The largest absolute Gasteiger partial charge is 0.349 e. The van der Waals surface area contributed by atoms with Gasteiger partial charge >= 0.3 is 0 Å². The number of benzene rings is 1. The molecule has 2 N–H and O–H groups in total. The average molecular weight is 328 g/mol. The second-order valence-corrected chi connectivity index (χ2v) is 7.21. The van der Waals surface area contributed by atoms with E-state index in [0.29, 0.717) is 11.6 Å². The molecule has 2 saturated carbocycles. The molecule has 2 aliphatic rings. The number of hydrogen-bond donors (Lipinski definition) is 2. The molecule has 0 unspecified atom stereocenters. The van der Waals surface area contributed by atoms with E-state index in [0.717, 1.165) is 44.2 Å². The molecule has 0 atom stereocenters. The van der Waals surface area contributed by atoms with Gasteiger partial charge in [-0.25, -0.2) is 0 Å². The molecule has 0 bridgehead atoms. The third-order valence-corrected chi connectivity index (χ3v) is 5.33. The topological polar surface area (TPSA) is 58.2 Å². The zero-order valence-electron chi connectivity index (χ0n) is 14.4. The van der Waals surface area contributed by atoms with Gasteiger partial charge in [-0.1, -0.05) is 38.5 Å². The van der Waals surface area contributed by atoms with Crippen LogP contribution in [0.15, 0.2) is 24.3 Å². The minimum absolute atomic E-state index is 0.00735. The Hall–Kier alpha value is -1.84.